The lowest BCUT2D eigenvalue weighted by Crippen LogP contribution is -2.57. The number of carboxylic acid groups (broad SMARTS) is 2. The molecule has 1 rings (SSSR count). The van der Waals surface area contributed by atoms with E-state index >= 15 is 0 Å². The molecule has 0 saturated carbocycles. The van der Waals surface area contributed by atoms with Crippen molar-refractivity contribution in [2.24, 2.45) is 22.2 Å². The van der Waals surface area contributed by atoms with E-state index in [0.717, 1.165) is 4.90 Å². The Bertz CT molecular complexity index is 787. The summed E-state index contributed by atoms with van der Waals surface area (Å²) in [6.07, 6.45) is 0.236. The number of nitrogens with one attached hydrogen (secondary N) is 2. The van der Waals surface area contributed by atoms with Gasteiger partial charge in [-0.2, -0.15) is 0 Å². The molecule has 1 heterocycles. The number of likely N-dealkylation sites (tertiary alicyclic amines) is 1. The van der Waals surface area contributed by atoms with Gasteiger partial charge in [0.25, 0.3) is 0 Å². The normalized spacial score (nSPS) is 17.8. The van der Waals surface area contributed by atoms with Crippen LogP contribution in [0.3, 0.4) is 0 Å². The number of carboxylic acids is 2. The summed E-state index contributed by atoms with van der Waals surface area (Å²) in [5.41, 5.74) is 16.0. The molecule has 0 aromatic heterocycles. The number of hydrogen-bond donors (Lipinski definition) is 8. The lowest BCUT2D eigenvalue weighted by atomic mass is 10.1. The van der Waals surface area contributed by atoms with Gasteiger partial charge >= 0.3 is 11.9 Å². The Hall–Kier alpha value is -3.46. The molecule has 15 nitrogen and oxygen atoms in total. The van der Waals surface area contributed by atoms with Gasteiger partial charge < -0.3 is 48.1 Å². The van der Waals surface area contributed by atoms with E-state index in [4.69, 9.17) is 27.4 Å². The van der Waals surface area contributed by atoms with Crippen LogP contribution in [0.15, 0.2) is 4.99 Å². The monoisotopic (exact) mass is 487 g/mol. The highest BCUT2D eigenvalue weighted by atomic mass is 16.4. The molecule has 4 unspecified atom stereocenters. The largest absolute Gasteiger partial charge is 0.481 e. The van der Waals surface area contributed by atoms with Crippen molar-refractivity contribution >= 4 is 35.6 Å². The molecule has 0 aromatic rings. The van der Waals surface area contributed by atoms with Gasteiger partial charge in [0.05, 0.1) is 6.61 Å². The minimum atomic E-state index is -1.33. The van der Waals surface area contributed by atoms with Crippen molar-refractivity contribution in [2.75, 3.05) is 19.7 Å². The molecule has 192 valence electrons. The van der Waals surface area contributed by atoms with Crippen molar-refractivity contribution in [3.63, 3.8) is 0 Å². The lowest BCUT2D eigenvalue weighted by Gasteiger charge is -2.28. The van der Waals surface area contributed by atoms with Gasteiger partial charge in [0.2, 0.25) is 17.7 Å². The van der Waals surface area contributed by atoms with E-state index in [0.29, 0.717) is 6.42 Å². The van der Waals surface area contributed by atoms with Crippen LogP contribution in [-0.4, -0.2) is 99.7 Å². The summed E-state index contributed by atoms with van der Waals surface area (Å²) >= 11 is 0. The standard InChI is InChI=1S/C19H33N7O8/c20-10(9-27)15(30)24-11(3-1-7-23-19(21)22)16(31)25-12(5-6-14(28)29)17(32)26-8-2-4-13(26)18(33)34/h10-13,27H,1-9,20H2,(H,24,30)(H,25,31)(H,28,29)(H,33,34)(H4,21,22,23). The topological polar surface area (TPSA) is 264 Å². The molecule has 1 aliphatic rings. The van der Waals surface area contributed by atoms with Crippen molar-refractivity contribution < 1.29 is 39.3 Å². The molecule has 4 atom stereocenters. The van der Waals surface area contributed by atoms with Crippen LogP contribution >= 0.6 is 0 Å². The first-order valence-electron chi connectivity index (χ1n) is 10.8. The van der Waals surface area contributed by atoms with Crippen LogP contribution in [0.5, 0.6) is 0 Å². The van der Waals surface area contributed by atoms with E-state index < -0.39 is 66.9 Å². The van der Waals surface area contributed by atoms with Crippen molar-refractivity contribution in [2.45, 2.75) is 62.7 Å². The molecule has 0 aliphatic carbocycles. The van der Waals surface area contributed by atoms with Crippen LogP contribution in [0, 0.1) is 0 Å². The van der Waals surface area contributed by atoms with Crippen molar-refractivity contribution in [3.8, 4) is 0 Å². The van der Waals surface area contributed by atoms with Gasteiger partial charge in [-0.3, -0.25) is 24.2 Å². The fourth-order valence-electron chi connectivity index (χ4n) is 3.42. The third-order valence-corrected chi connectivity index (χ3v) is 5.19. The van der Waals surface area contributed by atoms with E-state index in [1.165, 1.54) is 0 Å². The van der Waals surface area contributed by atoms with Gasteiger partial charge in [-0.25, -0.2) is 4.79 Å². The molecular weight excluding hydrogens is 454 g/mol. The molecule has 1 saturated heterocycles. The highest BCUT2D eigenvalue weighted by Gasteiger charge is 2.38. The van der Waals surface area contributed by atoms with Crippen LogP contribution in [0.4, 0.5) is 0 Å². The average molecular weight is 488 g/mol. The van der Waals surface area contributed by atoms with E-state index in [1.807, 2.05) is 0 Å². The predicted octanol–water partition coefficient (Wildman–Crippen LogP) is -3.73. The van der Waals surface area contributed by atoms with Crippen molar-refractivity contribution in [1.29, 1.82) is 0 Å². The number of carbonyl (C=O) groups is 5. The number of amides is 3. The SMILES string of the molecule is NC(N)=NCCCC(NC(=O)C(N)CO)C(=O)NC(CCC(=O)O)C(=O)N1CCCC1C(=O)O. The van der Waals surface area contributed by atoms with E-state index in [2.05, 4.69) is 15.6 Å². The number of aliphatic carboxylic acids is 2. The highest BCUT2D eigenvalue weighted by Crippen LogP contribution is 2.19. The second-order valence-electron chi connectivity index (χ2n) is 7.82. The second-order valence-corrected chi connectivity index (χ2v) is 7.82. The molecule has 34 heavy (non-hydrogen) atoms. The van der Waals surface area contributed by atoms with Gasteiger partial charge in [0, 0.05) is 19.5 Å². The summed E-state index contributed by atoms with van der Waals surface area (Å²) in [5, 5.41) is 32.3. The number of rotatable bonds is 14. The zero-order valence-corrected chi connectivity index (χ0v) is 18.7. The molecule has 3 amide bonds. The van der Waals surface area contributed by atoms with Gasteiger partial charge in [0.1, 0.15) is 24.2 Å². The maximum atomic E-state index is 13.0. The quantitative estimate of drug-likeness (QED) is 0.0670. The van der Waals surface area contributed by atoms with Crippen molar-refractivity contribution in [1.82, 2.24) is 15.5 Å². The second kappa shape index (κ2) is 13.9. The maximum Gasteiger partial charge on any atom is 0.326 e. The van der Waals surface area contributed by atoms with Gasteiger partial charge in [-0.15, -0.1) is 0 Å². The highest BCUT2D eigenvalue weighted by molar-refractivity contribution is 5.94. The van der Waals surface area contributed by atoms with Crippen LogP contribution in [-0.2, 0) is 24.0 Å². The van der Waals surface area contributed by atoms with E-state index in [9.17, 15) is 29.1 Å². The number of aliphatic imine (C=N–C) groups is 1. The van der Waals surface area contributed by atoms with E-state index in [1.54, 1.807) is 0 Å². The number of aliphatic hydroxyl groups is 1. The summed E-state index contributed by atoms with van der Waals surface area (Å²) in [6.45, 7) is -0.373. The summed E-state index contributed by atoms with van der Waals surface area (Å²) in [4.78, 5) is 65.5. The third-order valence-electron chi connectivity index (χ3n) is 5.19. The minimum absolute atomic E-state index is 0.0355. The number of aliphatic hydroxyl groups excluding tert-OH is 1. The Labute approximate surface area is 195 Å². The van der Waals surface area contributed by atoms with Gasteiger partial charge in [0.15, 0.2) is 5.96 Å². The Morgan fingerprint density at radius 3 is 2.24 bits per heavy atom. The summed E-state index contributed by atoms with van der Waals surface area (Å²) in [6, 6.07) is -4.90. The molecule has 11 N–H and O–H groups in total. The maximum absolute atomic E-state index is 13.0. The molecule has 0 aromatic carbocycles. The molecule has 1 aliphatic heterocycles. The first-order valence-corrected chi connectivity index (χ1v) is 10.8. The van der Waals surface area contributed by atoms with Crippen LogP contribution < -0.4 is 27.8 Å². The minimum Gasteiger partial charge on any atom is -0.481 e. The number of nitrogens with two attached hydrogens (primary N) is 3. The zero-order valence-electron chi connectivity index (χ0n) is 18.7. The molecule has 1 fully saturated rings. The van der Waals surface area contributed by atoms with Crippen molar-refractivity contribution in [3.05, 3.63) is 0 Å². The molecule has 0 spiro atoms. The summed E-state index contributed by atoms with van der Waals surface area (Å²) in [5.74, 6) is -4.92. The summed E-state index contributed by atoms with van der Waals surface area (Å²) < 4.78 is 0. The van der Waals surface area contributed by atoms with Crippen LogP contribution in [0.2, 0.25) is 0 Å². The third kappa shape index (κ3) is 9.19. The zero-order chi connectivity index (χ0) is 25.8. The predicted molar refractivity (Wildman–Crippen MR) is 118 cm³/mol. The Balaban J connectivity index is 3.02. The first kappa shape index (κ1) is 28.6. The Morgan fingerprint density at radius 2 is 1.68 bits per heavy atom. The smallest absolute Gasteiger partial charge is 0.326 e. The fraction of sp³-hybridized carbons (Fsp3) is 0.684. The first-order chi connectivity index (χ1) is 16.0. The van der Waals surface area contributed by atoms with Gasteiger partial charge in [-0.05, 0) is 32.1 Å². The van der Waals surface area contributed by atoms with Crippen LogP contribution in [0.25, 0.3) is 0 Å². The van der Waals surface area contributed by atoms with Gasteiger partial charge in [-0.1, -0.05) is 0 Å². The molecule has 15 heteroatoms. The number of guanidine groups is 1. The fourth-order valence-corrected chi connectivity index (χ4v) is 3.42. The number of hydrogen-bond acceptors (Lipinski definition) is 8. The molecular formula is C19H33N7O8. The molecule has 0 radical (unpaired) electrons. The average Bonchev–Trinajstić information content (AvgIpc) is 3.27. The van der Waals surface area contributed by atoms with E-state index in [-0.39, 0.29) is 44.7 Å². The molecule has 0 bridgehead atoms. The number of nitrogens with zero attached hydrogens (tertiary/aromatic N) is 2. The number of carbonyl (C=O) groups excluding carboxylic acids is 3. The lowest BCUT2D eigenvalue weighted by molar-refractivity contribution is -0.150. The Morgan fingerprint density at radius 1 is 1.03 bits per heavy atom. The summed E-state index contributed by atoms with van der Waals surface area (Å²) in [7, 11) is 0. The Kier molecular flexibility index (Phi) is 11.7. The van der Waals surface area contributed by atoms with Crippen LogP contribution in [0.1, 0.15) is 38.5 Å².